The monoisotopic (exact) mass is 406 g/mol. The zero-order valence-electron chi connectivity index (χ0n) is 15.8. The number of hydrogen-bond donors (Lipinski definition) is 1. The van der Waals surface area contributed by atoms with Crippen LogP contribution in [0.2, 0.25) is 0 Å². The number of carbonyl (C=O) groups is 1. The Morgan fingerprint density at radius 2 is 1.93 bits per heavy atom. The highest BCUT2D eigenvalue weighted by Crippen LogP contribution is 2.29. The third-order valence-corrected chi connectivity index (χ3v) is 8.33. The molecule has 0 unspecified atom stereocenters. The van der Waals surface area contributed by atoms with Gasteiger partial charge in [-0.05, 0) is 68.9 Å². The van der Waals surface area contributed by atoms with E-state index < -0.39 is 10.0 Å². The first-order valence-corrected chi connectivity index (χ1v) is 11.5. The average Bonchev–Trinajstić information content (AvgIpc) is 3.08. The van der Waals surface area contributed by atoms with E-state index in [-0.39, 0.29) is 5.91 Å². The van der Waals surface area contributed by atoms with Crippen LogP contribution in [0.5, 0.6) is 0 Å². The van der Waals surface area contributed by atoms with E-state index in [1.54, 1.807) is 10.4 Å². The second-order valence-electron chi connectivity index (χ2n) is 7.17. The molecule has 1 fully saturated rings. The van der Waals surface area contributed by atoms with Crippen LogP contribution in [0.3, 0.4) is 0 Å². The van der Waals surface area contributed by atoms with Crippen LogP contribution in [-0.2, 0) is 14.8 Å². The second-order valence-corrected chi connectivity index (χ2v) is 10.6. The zero-order chi connectivity index (χ0) is 19.4. The summed E-state index contributed by atoms with van der Waals surface area (Å²) in [5.41, 5.74) is 1.94. The molecule has 0 bridgehead atoms. The summed E-state index contributed by atoms with van der Waals surface area (Å²) in [4.78, 5) is 13.2. The van der Waals surface area contributed by atoms with Gasteiger partial charge in [0.2, 0.25) is 5.91 Å². The lowest BCUT2D eigenvalue weighted by Gasteiger charge is -2.30. The van der Waals surface area contributed by atoms with Crippen molar-refractivity contribution in [1.29, 1.82) is 0 Å². The highest BCUT2D eigenvalue weighted by Gasteiger charge is 2.30. The van der Waals surface area contributed by atoms with Gasteiger partial charge in [-0.3, -0.25) is 4.79 Å². The van der Waals surface area contributed by atoms with E-state index in [9.17, 15) is 13.2 Å². The first-order valence-electron chi connectivity index (χ1n) is 9.28. The van der Waals surface area contributed by atoms with Gasteiger partial charge in [-0.2, -0.15) is 4.31 Å². The molecule has 1 aliphatic rings. The summed E-state index contributed by atoms with van der Waals surface area (Å²) in [7, 11) is -3.37. The van der Waals surface area contributed by atoms with Crippen molar-refractivity contribution in [3.8, 4) is 0 Å². The second kappa shape index (κ2) is 8.54. The van der Waals surface area contributed by atoms with Gasteiger partial charge in [-0.15, -0.1) is 11.3 Å². The van der Waals surface area contributed by atoms with Gasteiger partial charge < -0.3 is 5.32 Å². The number of thiophene rings is 1. The highest BCUT2D eigenvalue weighted by atomic mass is 32.2. The molecule has 1 saturated heterocycles. The topological polar surface area (TPSA) is 66.5 Å². The Kier molecular flexibility index (Phi) is 6.34. The largest absolute Gasteiger partial charge is 0.326 e. The third-order valence-electron chi connectivity index (χ3n) is 4.96. The van der Waals surface area contributed by atoms with E-state index in [2.05, 4.69) is 5.32 Å². The van der Waals surface area contributed by atoms with Crippen molar-refractivity contribution in [3.63, 3.8) is 0 Å². The minimum atomic E-state index is -3.37. The van der Waals surface area contributed by atoms with E-state index in [1.807, 2.05) is 44.2 Å². The molecule has 0 saturated carbocycles. The standard InChI is InChI=1S/C20H26N2O3S2/c1-15-4-3-5-18(14-15)21-19(23)8-7-17-10-12-22(13-11-17)27(24,25)20-9-6-16(2)26-20/h3-6,9,14,17H,7-8,10-13H2,1-2H3,(H,21,23). The number of anilines is 1. The van der Waals surface area contributed by atoms with Crippen molar-refractivity contribution in [1.82, 2.24) is 4.31 Å². The number of nitrogens with zero attached hydrogens (tertiary/aromatic N) is 1. The molecule has 0 spiro atoms. The van der Waals surface area contributed by atoms with Crippen molar-refractivity contribution in [2.24, 2.45) is 5.92 Å². The molecule has 1 aliphatic heterocycles. The summed E-state index contributed by atoms with van der Waals surface area (Å²) in [5.74, 6) is 0.412. The van der Waals surface area contributed by atoms with Crippen LogP contribution in [-0.4, -0.2) is 31.7 Å². The molecular formula is C20H26N2O3S2. The Morgan fingerprint density at radius 1 is 1.19 bits per heavy atom. The van der Waals surface area contributed by atoms with E-state index in [0.717, 1.165) is 35.4 Å². The van der Waals surface area contributed by atoms with Crippen LogP contribution in [0.4, 0.5) is 5.69 Å². The van der Waals surface area contributed by atoms with Crippen molar-refractivity contribution in [3.05, 3.63) is 46.8 Å². The summed E-state index contributed by atoms with van der Waals surface area (Å²) in [6.45, 7) is 4.97. The molecule has 1 N–H and O–H groups in total. The first kappa shape index (κ1) is 20.0. The molecule has 1 aromatic carbocycles. The Balaban J connectivity index is 1.46. The van der Waals surface area contributed by atoms with E-state index >= 15 is 0 Å². The summed E-state index contributed by atoms with van der Waals surface area (Å²) in [6.07, 6.45) is 2.88. The molecular weight excluding hydrogens is 380 g/mol. The van der Waals surface area contributed by atoms with E-state index in [4.69, 9.17) is 0 Å². The fourth-order valence-corrected chi connectivity index (χ4v) is 6.31. The number of carbonyl (C=O) groups excluding carboxylic acids is 1. The SMILES string of the molecule is Cc1cccc(NC(=O)CCC2CCN(S(=O)(=O)c3ccc(C)s3)CC2)c1. The Labute approximate surface area is 165 Å². The maximum Gasteiger partial charge on any atom is 0.252 e. The lowest BCUT2D eigenvalue weighted by molar-refractivity contribution is -0.116. The van der Waals surface area contributed by atoms with Crippen molar-refractivity contribution in [2.45, 2.75) is 43.7 Å². The van der Waals surface area contributed by atoms with Crippen molar-refractivity contribution >= 4 is 33.0 Å². The van der Waals surface area contributed by atoms with Crippen LogP contribution in [0.15, 0.2) is 40.6 Å². The summed E-state index contributed by atoms with van der Waals surface area (Å²) < 4.78 is 27.4. The van der Waals surface area contributed by atoms with Crippen molar-refractivity contribution < 1.29 is 13.2 Å². The number of aryl methyl sites for hydroxylation is 2. The first-order chi connectivity index (χ1) is 12.8. The van der Waals surface area contributed by atoms with Gasteiger partial charge in [0.1, 0.15) is 4.21 Å². The molecule has 1 aromatic heterocycles. The third kappa shape index (κ3) is 5.18. The van der Waals surface area contributed by atoms with Crippen LogP contribution in [0.25, 0.3) is 0 Å². The summed E-state index contributed by atoms with van der Waals surface area (Å²) in [6, 6.07) is 11.3. The fraction of sp³-hybridized carbons (Fsp3) is 0.450. The molecule has 1 amide bonds. The summed E-state index contributed by atoms with van der Waals surface area (Å²) in [5, 5.41) is 2.94. The fourth-order valence-electron chi connectivity index (χ4n) is 3.40. The van der Waals surface area contributed by atoms with Gasteiger partial charge in [0.25, 0.3) is 10.0 Å². The molecule has 3 rings (SSSR count). The average molecular weight is 407 g/mol. The molecule has 7 heteroatoms. The van der Waals surface area contributed by atoms with Crippen LogP contribution in [0, 0.1) is 19.8 Å². The smallest absolute Gasteiger partial charge is 0.252 e. The molecule has 2 heterocycles. The normalized spacial score (nSPS) is 16.4. The zero-order valence-corrected chi connectivity index (χ0v) is 17.4. The molecule has 0 atom stereocenters. The van der Waals surface area contributed by atoms with E-state index in [0.29, 0.717) is 29.6 Å². The number of rotatable bonds is 6. The van der Waals surface area contributed by atoms with E-state index in [1.165, 1.54) is 11.3 Å². The molecule has 5 nitrogen and oxygen atoms in total. The molecule has 0 aliphatic carbocycles. The predicted molar refractivity (Wildman–Crippen MR) is 110 cm³/mol. The molecule has 146 valence electrons. The summed E-state index contributed by atoms with van der Waals surface area (Å²) >= 11 is 1.32. The number of nitrogens with one attached hydrogen (secondary N) is 1. The number of sulfonamides is 1. The van der Waals surface area contributed by atoms with Crippen LogP contribution >= 0.6 is 11.3 Å². The lowest BCUT2D eigenvalue weighted by Crippen LogP contribution is -2.38. The van der Waals surface area contributed by atoms with Gasteiger partial charge in [0.05, 0.1) is 0 Å². The Morgan fingerprint density at radius 3 is 2.56 bits per heavy atom. The molecule has 0 radical (unpaired) electrons. The highest BCUT2D eigenvalue weighted by molar-refractivity contribution is 7.91. The number of benzene rings is 1. The minimum Gasteiger partial charge on any atom is -0.326 e. The van der Waals surface area contributed by atoms with Crippen LogP contribution in [0.1, 0.15) is 36.1 Å². The quantitative estimate of drug-likeness (QED) is 0.782. The van der Waals surface area contributed by atoms with Gasteiger partial charge in [0.15, 0.2) is 0 Å². The van der Waals surface area contributed by atoms with Gasteiger partial charge in [0, 0.05) is 30.1 Å². The molecule has 27 heavy (non-hydrogen) atoms. The lowest BCUT2D eigenvalue weighted by atomic mass is 9.93. The predicted octanol–water partition coefficient (Wildman–Crippen LogP) is 4.18. The van der Waals surface area contributed by atoms with Gasteiger partial charge in [-0.1, -0.05) is 12.1 Å². The van der Waals surface area contributed by atoms with Gasteiger partial charge >= 0.3 is 0 Å². The van der Waals surface area contributed by atoms with Crippen LogP contribution < -0.4 is 5.32 Å². The van der Waals surface area contributed by atoms with Gasteiger partial charge in [-0.25, -0.2) is 8.42 Å². The number of hydrogen-bond acceptors (Lipinski definition) is 4. The number of amides is 1. The van der Waals surface area contributed by atoms with Crippen molar-refractivity contribution in [2.75, 3.05) is 18.4 Å². The minimum absolute atomic E-state index is 0.0183. The maximum absolute atomic E-state index is 12.7. The number of piperidine rings is 1. The Bertz CT molecular complexity index is 897. The molecule has 2 aromatic rings. The Hall–Kier alpha value is -1.70. The maximum atomic E-state index is 12.7.